The molecule has 2 heterocycles. The average Bonchev–Trinajstić information content (AvgIpc) is 3.33. The molecule has 5 aromatic rings. The van der Waals surface area contributed by atoms with Crippen molar-refractivity contribution in [1.82, 2.24) is 19.7 Å². The first-order chi connectivity index (χ1) is 13.7. The molecule has 0 aliphatic heterocycles. The van der Waals surface area contributed by atoms with Gasteiger partial charge in [0.25, 0.3) is 0 Å². The first kappa shape index (κ1) is 16.3. The van der Waals surface area contributed by atoms with E-state index >= 15 is 0 Å². The number of nitrogens with one attached hydrogen (secondary N) is 1. The minimum Gasteiger partial charge on any atom is -0.506 e. The zero-order valence-corrected chi connectivity index (χ0v) is 15.3. The highest BCUT2D eigenvalue weighted by Gasteiger charge is 2.17. The number of aromatic amines is 1. The lowest BCUT2D eigenvalue weighted by molar-refractivity contribution is 0.470. The van der Waals surface area contributed by atoms with Gasteiger partial charge in [-0.2, -0.15) is 5.10 Å². The molecule has 0 spiro atoms. The highest BCUT2D eigenvalue weighted by atomic mass is 16.3. The van der Waals surface area contributed by atoms with Crippen molar-refractivity contribution in [1.29, 1.82) is 0 Å². The fraction of sp³-hybridized carbons (Fsp3) is 0.0435. The van der Waals surface area contributed by atoms with Gasteiger partial charge in [-0.05, 0) is 37.3 Å². The number of H-pyrrole nitrogens is 1. The van der Waals surface area contributed by atoms with E-state index in [9.17, 15) is 5.11 Å². The fourth-order valence-electron chi connectivity index (χ4n) is 3.33. The molecule has 0 saturated carbocycles. The van der Waals surface area contributed by atoms with E-state index in [1.54, 1.807) is 16.8 Å². The number of aromatic nitrogens is 4. The number of fused-ring (bicyclic) bond motifs is 1. The Morgan fingerprint density at radius 3 is 2.43 bits per heavy atom. The van der Waals surface area contributed by atoms with Crippen LogP contribution in [0.2, 0.25) is 0 Å². The van der Waals surface area contributed by atoms with Crippen molar-refractivity contribution in [2.45, 2.75) is 6.92 Å². The molecule has 0 atom stereocenters. The summed E-state index contributed by atoms with van der Waals surface area (Å²) in [5.41, 5.74) is 6.30. The second-order valence-electron chi connectivity index (χ2n) is 6.78. The van der Waals surface area contributed by atoms with Crippen molar-refractivity contribution >= 4 is 11.0 Å². The molecule has 2 aromatic heterocycles. The van der Waals surface area contributed by atoms with Gasteiger partial charge in [-0.15, -0.1) is 0 Å². The van der Waals surface area contributed by atoms with E-state index in [4.69, 9.17) is 5.10 Å². The number of phenolic OH excluding ortho intramolecular Hbond substituents is 1. The Kier molecular flexibility index (Phi) is 3.72. The van der Waals surface area contributed by atoms with Crippen molar-refractivity contribution in [2.24, 2.45) is 0 Å². The molecule has 5 heteroatoms. The average molecular weight is 366 g/mol. The Balaban J connectivity index is 1.72. The third-order valence-corrected chi connectivity index (χ3v) is 4.80. The summed E-state index contributed by atoms with van der Waals surface area (Å²) >= 11 is 0. The predicted molar refractivity (Wildman–Crippen MR) is 110 cm³/mol. The van der Waals surface area contributed by atoms with E-state index in [2.05, 4.69) is 41.2 Å². The van der Waals surface area contributed by atoms with Crippen LogP contribution in [0.1, 0.15) is 5.56 Å². The zero-order valence-electron chi connectivity index (χ0n) is 15.3. The minimum absolute atomic E-state index is 0.176. The van der Waals surface area contributed by atoms with Crippen LogP contribution in [0.25, 0.3) is 39.5 Å². The van der Waals surface area contributed by atoms with Gasteiger partial charge in [0.05, 0.1) is 16.7 Å². The van der Waals surface area contributed by atoms with Crippen LogP contribution in [-0.4, -0.2) is 24.9 Å². The topological polar surface area (TPSA) is 66.7 Å². The standard InChI is InChI=1S/C23H18N4O/c1-15-10-12-16(13-11-15)21-14-19(23-24-17-6-2-3-7-18(17)25-23)26-27(21)20-8-4-5-9-22(20)28/h2-14,28H,1H3,(H,24,25). The lowest BCUT2D eigenvalue weighted by Gasteiger charge is -2.09. The van der Waals surface area contributed by atoms with Gasteiger partial charge < -0.3 is 10.1 Å². The van der Waals surface area contributed by atoms with Gasteiger partial charge in [0.1, 0.15) is 17.1 Å². The third-order valence-electron chi connectivity index (χ3n) is 4.80. The van der Waals surface area contributed by atoms with Crippen molar-refractivity contribution in [3.63, 3.8) is 0 Å². The lowest BCUT2D eigenvalue weighted by Crippen LogP contribution is -1.99. The number of imidazole rings is 1. The van der Waals surface area contributed by atoms with Crippen molar-refractivity contribution in [3.8, 4) is 34.2 Å². The van der Waals surface area contributed by atoms with Gasteiger partial charge in [0, 0.05) is 5.56 Å². The number of hydrogen-bond acceptors (Lipinski definition) is 3. The summed E-state index contributed by atoms with van der Waals surface area (Å²) in [5.74, 6) is 0.874. The monoisotopic (exact) mass is 366 g/mol. The summed E-state index contributed by atoms with van der Waals surface area (Å²) in [6.45, 7) is 2.06. The minimum atomic E-state index is 0.176. The van der Waals surface area contributed by atoms with Crippen LogP contribution in [0.5, 0.6) is 5.75 Å². The molecule has 5 nitrogen and oxygen atoms in total. The second kappa shape index (κ2) is 6.39. The van der Waals surface area contributed by atoms with Crippen LogP contribution in [0.3, 0.4) is 0 Å². The largest absolute Gasteiger partial charge is 0.506 e. The second-order valence-corrected chi connectivity index (χ2v) is 6.78. The number of rotatable bonds is 3. The number of para-hydroxylation sites is 4. The summed E-state index contributed by atoms with van der Waals surface area (Å²) in [7, 11) is 0. The van der Waals surface area contributed by atoms with Crippen LogP contribution in [0.4, 0.5) is 0 Å². The normalized spacial score (nSPS) is 11.2. The zero-order chi connectivity index (χ0) is 19.1. The molecule has 0 unspecified atom stereocenters. The molecule has 0 bridgehead atoms. The Labute approximate surface area is 161 Å². The quantitative estimate of drug-likeness (QED) is 0.467. The van der Waals surface area contributed by atoms with E-state index in [1.165, 1.54) is 5.56 Å². The van der Waals surface area contributed by atoms with E-state index < -0.39 is 0 Å². The number of hydrogen-bond donors (Lipinski definition) is 2. The van der Waals surface area contributed by atoms with Crippen LogP contribution < -0.4 is 0 Å². The Hall–Kier alpha value is -3.86. The highest BCUT2D eigenvalue weighted by Crippen LogP contribution is 2.31. The molecule has 28 heavy (non-hydrogen) atoms. The SMILES string of the molecule is Cc1ccc(-c2cc(-c3nc4ccccc4[nH]3)nn2-c2ccccc2O)cc1. The molecule has 0 radical (unpaired) electrons. The maximum atomic E-state index is 10.4. The number of nitrogens with zero attached hydrogens (tertiary/aromatic N) is 3. The van der Waals surface area contributed by atoms with Gasteiger partial charge in [-0.3, -0.25) is 0 Å². The molecule has 0 aliphatic rings. The van der Waals surface area contributed by atoms with E-state index in [-0.39, 0.29) is 5.75 Å². The Bertz CT molecular complexity index is 1250. The fourth-order valence-corrected chi connectivity index (χ4v) is 3.33. The molecule has 0 saturated heterocycles. The molecular weight excluding hydrogens is 348 g/mol. The van der Waals surface area contributed by atoms with Crippen LogP contribution >= 0.6 is 0 Å². The van der Waals surface area contributed by atoms with E-state index in [0.717, 1.165) is 28.0 Å². The van der Waals surface area contributed by atoms with Gasteiger partial charge in [0.15, 0.2) is 5.82 Å². The van der Waals surface area contributed by atoms with Gasteiger partial charge >= 0.3 is 0 Å². The third kappa shape index (κ3) is 2.74. The molecule has 3 aromatic carbocycles. The van der Waals surface area contributed by atoms with Crippen LogP contribution in [0, 0.1) is 6.92 Å². The van der Waals surface area contributed by atoms with E-state index in [0.29, 0.717) is 11.5 Å². The number of aryl methyl sites for hydroxylation is 1. The maximum absolute atomic E-state index is 10.4. The molecular formula is C23H18N4O. The number of aromatic hydroxyl groups is 1. The van der Waals surface area contributed by atoms with Gasteiger partial charge in [-0.1, -0.05) is 54.1 Å². The highest BCUT2D eigenvalue weighted by molar-refractivity contribution is 5.79. The summed E-state index contributed by atoms with van der Waals surface area (Å²) in [6.07, 6.45) is 0. The van der Waals surface area contributed by atoms with E-state index in [1.807, 2.05) is 42.5 Å². The predicted octanol–water partition coefficient (Wildman–Crippen LogP) is 5.10. The Morgan fingerprint density at radius 1 is 0.893 bits per heavy atom. The summed E-state index contributed by atoms with van der Waals surface area (Å²) in [5, 5.41) is 15.2. The lowest BCUT2D eigenvalue weighted by atomic mass is 10.1. The smallest absolute Gasteiger partial charge is 0.159 e. The van der Waals surface area contributed by atoms with Gasteiger partial charge in [0.2, 0.25) is 0 Å². The summed E-state index contributed by atoms with van der Waals surface area (Å²) < 4.78 is 1.77. The molecule has 136 valence electrons. The summed E-state index contributed by atoms with van der Waals surface area (Å²) in [4.78, 5) is 8.00. The van der Waals surface area contributed by atoms with Gasteiger partial charge in [-0.25, -0.2) is 9.67 Å². The summed E-state index contributed by atoms with van der Waals surface area (Å²) in [6, 6.07) is 25.3. The molecule has 0 aliphatic carbocycles. The molecule has 2 N–H and O–H groups in total. The first-order valence-corrected chi connectivity index (χ1v) is 9.10. The van der Waals surface area contributed by atoms with Crippen molar-refractivity contribution < 1.29 is 5.11 Å². The molecule has 5 rings (SSSR count). The van der Waals surface area contributed by atoms with Crippen LogP contribution in [-0.2, 0) is 0 Å². The number of benzene rings is 3. The van der Waals surface area contributed by atoms with Crippen LogP contribution in [0.15, 0.2) is 78.9 Å². The van der Waals surface area contributed by atoms with Crippen molar-refractivity contribution in [3.05, 3.63) is 84.4 Å². The Morgan fingerprint density at radius 2 is 1.64 bits per heavy atom. The molecule has 0 fully saturated rings. The van der Waals surface area contributed by atoms with Crippen molar-refractivity contribution in [2.75, 3.05) is 0 Å². The number of phenols is 1. The molecule has 0 amide bonds. The first-order valence-electron chi connectivity index (χ1n) is 9.10. The maximum Gasteiger partial charge on any atom is 0.159 e.